The zero-order valence-corrected chi connectivity index (χ0v) is 7.12. The van der Waals surface area contributed by atoms with E-state index in [0.29, 0.717) is 0 Å². The summed E-state index contributed by atoms with van der Waals surface area (Å²) < 4.78 is 5.22. The van der Waals surface area contributed by atoms with E-state index in [-0.39, 0.29) is 5.60 Å². The molecule has 56 valence electrons. The summed E-state index contributed by atoms with van der Waals surface area (Å²) in [5.74, 6) is 0. The van der Waals surface area contributed by atoms with Gasteiger partial charge in [-0.1, -0.05) is 13.8 Å². The van der Waals surface area contributed by atoms with Gasteiger partial charge in [0.1, 0.15) is 0 Å². The van der Waals surface area contributed by atoms with Gasteiger partial charge in [0.15, 0.2) is 0 Å². The summed E-state index contributed by atoms with van der Waals surface area (Å²) in [5.41, 5.74) is -0.0284. The molecule has 9 heavy (non-hydrogen) atoms. The van der Waals surface area contributed by atoms with Crippen molar-refractivity contribution < 1.29 is 4.18 Å². The van der Waals surface area contributed by atoms with Crippen LogP contribution in [0.1, 0.15) is 33.6 Å². The summed E-state index contributed by atoms with van der Waals surface area (Å²) in [6, 6.07) is 0. The highest BCUT2D eigenvalue weighted by molar-refractivity contribution is 7.92. The van der Waals surface area contributed by atoms with Crippen LogP contribution in [0.15, 0.2) is 0 Å². The highest BCUT2D eigenvalue weighted by Crippen LogP contribution is 2.22. The fourth-order valence-corrected chi connectivity index (χ4v) is 0.952. The van der Waals surface area contributed by atoms with Gasteiger partial charge in [0.05, 0.1) is 17.8 Å². The van der Waals surface area contributed by atoms with Gasteiger partial charge in [-0.15, -0.1) is 0 Å². The van der Waals surface area contributed by atoms with E-state index in [4.69, 9.17) is 9.32 Å². The molecule has 0 aliphatic heterocycles. The van der Waals surface area contributed by atoms with Crippen molar-refractivity contribution >= 4 is 12.2 Å². The van der Waals surface area contributed by atoms with E-state index in [9.17, 15) is 0 Å². The quantitative estimate of drug-likeness (QED) is 0.491. The minimum atomic E-state index is -0.0284. The largest absolute Gasteiger partial charge is 0.295 e. The van der Waals surface area contributed by atoms with Crippen molar-refractivity contribution in [1.82, 2.24) is 0 Å². The predicted octanol–water partition coefficient (Wildman–Crippen LogP) is 2.10. The zero-order valence-electron chi connectivity index (χ0n) is 6.31. The molecule has 0 saturated carbocycles. The van der Waals surface area contributed by atoms with Crippen molar-refractivity contribution in [3.05, 3.63) is 0 Å². The molecule has 0 amide bonds. The minimum Gasteiger partial charge on any atom is -0.295 e. The van der Waals surface area contributed by atoms with Gasteiger partial charge in [0, 0.05) is 0 Å². The van der Waals surface area contributed by atoms with Gasteiger partial charge in [0.25, 0.3) is 0 Å². The molecule has 0 radical (unpaired) electrons. The predicted molar refractivity (Wildman–Crippen MR) is 41.9 cm³/mol. The molecule has 0 aliphatic rings. The zero-order chi connectivity index (χ0) is 7.33. The first-order valence-electron chi connectivity index (χ1n) is 3.23. The standard InChI is InChI=1S/C6H15NOS/c1-4-6(3,5-2)8-9-7/h4-5,7H2,1-3H3. The van der Waals surface area contributed by atoms with Crippen LogP contribution in [-0.2, 0) is 4.18 Å². The Balaban J connectivity index is 3.62. The van der Waals surface area contributed by atoms with Crippen LogP contribution in [-0.4, -0.2) is 5.60 Å². The highest BCUT2D eigenvalue weighted by Gasteiger charge is 2.19. The summed E-state index contributed by atoms with van der Waals surface area (Å²) in [5, 5.41) is 5.16. The number of rotatable bonds is 4. The Morgan fingerprint density at radius 1 is 1.44 bits per heavy atom. The molecular formula is C6H15NOS. The van der Waals surface area contributed by atoms with E-state index >= 15 is 0 Å². The van der Waals surface area contributed by atoms with Crippen molar-refractivity contribution in [2.45, 2.75) is 39.2 Å². The maximum absolute atomic E-state index is 5.22. The molecule has 0 heterocycles. The van der Waals surface area contributed by atoms with Crippen LogP contribution in [0.5, 0.6) is 0 Å². The molecular weight excluding hydrogens is 134 g/mol. The number of nitrogens with two attached hydrogens (primary N) is 1. The third kappa shape index (κ3) is 3.08. The summed E-state index contributed by atoms with van der Waals surface area (Å²) in [6.07, 6.45) is 2.02. The summed E-state index contributed by atoms with van der Waals surface area (Å²) in [7, 11) is 0. The number of hydrogen-bond acceptors (Lipinski definition) is 3. The Bertz CT molecular complexity index is 73.5. The van der Waals surface area contributed by atoms with Crippen molar-refractivity contribution in [3.8, 4) is 0 Å². The van der Waals surface area contributed by atoms with Crippen molar-refractivity contribution in [2.24, 2.45) is 5.14 Å². The first-order valence-corrected chi connectivity index (χ1v) is 4.03. The van der Waals surface area contributed by atoms with E-state index in [2.05, 4.69) is 20.8 Å². The van der Waals surface area contributed by atoms with Gasteiger partial charge in [-0.25, -0.2) is 0 Å². The lowest BCUT2D eigenvalue weighted by molar-refractivity contribution is 0.108. The topological polar surface area (TPSA) is 35.2 Å². The number of hydrogen-bond donors (Lipinski definition) is 1. The molecule has 3 heteroatoms. The summed E-state index contributed by atoms with van der Waals surface area (Å²) in [4.78, 5) is 0. The molecule has 2 nitrogen and oxygen atoms in total. The lowest BCUT2D eigenvalue weighted by Gasteiger charge is -2.23. The molecule has 0 aliphatic carbocycles. The van der Waals surface area contributed by atoms with Crippen LogP contribution in [0.4, 0.5) is 0 Å². The third-order valence-electron chi connectivity index (χ3n) is 1.75. The van der Waals surface area contributed by atoms with Gasteiger partial charge in [-0.3, -0.25) is 9.32 Å². The molecule has 0 atom stereocenters. The second-order valence-electron chi connectivity index (χ2n) is 2.34. The second kappa shape index (κ2) is 4.14. The normalized spacial score (nSPS) is 12.0. The Hall–Kier alpha value is 0.270. The van der Waals surface area contributed by atoms with E-state index < -0.39 is 0 Å². The Kier molecular flexibility index (Phi) is 4.27. The van der Waals surface area contributed by atoms with E-state index in [1.165, 1.54) is 0 Å². The molecule has 0 rings (SSSR count). The van der Waals surface area contributed by atoms with Crippen LogP contribution in [0.2, 0.25) is 0 Å². The van der Waals surface area contributed by atoms with Gasteiger partial charge in [-0.2, -0.15) is 0 Å². The van der Waals surface area contributed by atoms with Crippen molar-refractivity contribution in [3.63, 3.8) is 0 Å². The molecule has 0 spiro atoms. The third-order valence-corrected chi connectivity index (χ3v) is 2.24. The molecule has 2 N–H and O–H groups in total. The van der Waals surface area contributed by atoms with E-state index in [0.717, 1.165) is 25.1 Å². The average Bonchev–Trinajstić information content (AvgIpc) is 1.89. The maximum atomic E-state index is 5.22. The first kappa shape index (κ1) is 9.27. The molecule has 0 aromatic carbocycles. The SMILES string of the molecule is CCC(C)(CC)OSN. The van der Waals surface area contributed by atoms with Crippen molar-refractivity contribution in [2.75, 3.05) is 0 Å². The molecule has 0 saturated heterocycles. The molecule has 0 aromatic rings. The average molecular weight is 149 g/mol. The van der Waals surface area contributed by atoms with Crippen molar-refractivity contribution in [1.29, 1.82) is 0 Å². The Morgan fingerprint density at radius 2 is 1.89 bits per heavy atom. The fourth-order valence-electron chi connectivity index (χ4n) is 0.484. The van der Waals surface area contributed by atoms with Crippen LogP contribution >= 0.6 is 12.2 Å². The van der Waals surface area contributed by atoms with Crippen LogP contribution in [0.25, 0.3) is 0 Å². The Morgan fingerprint density at radius 3 is 2.00 bits per heavy atom. The lowest BCUT2D eigenvalue weighted by atomic mass is 10.0. The van der Waals surface area contributed by atoms with Crippen LogP contribution in [0, 0.1) is 0 Å². The second-order valence-corrected chi connectivity index (χ2v) is 2.70. The highest BCUT2D eigenvalue weighted by atomic mass is 32.2. The van der Waals surface area contributed by atoms with Gasteiger partial charge < -0.3 is 0 Å². The Labute approximate surface area is 61.5 Å². The lowest BCUT2D eigenvalue weighted by Crippen LogP contribution is -2.24. The minimum absolute atomic E-state index is 0.0284. The van der Waals surface area contributed by atoms with Gasteiger partial charge in [-0.05, 0) is 19.8 Å². The fraction of sp³-hybridized carbons (Fsp3) is 1.00. The smallest absolute Gasteiger partial charge is 0.0810 e. The molecule has 0 aromatic heterocycles. The molecule has 0 bridgehead atoms. The summed E-state index contributed by atoms with van der Waals surface area (Å²) in [6.45, 7) is 6.26. The molecule has 0 fully saturated rings. The van der Waals surface area contributed by atoms with E-state index in [1.807, 2.05) is 0 Å². The van der Waals surface area contributed by atoms with Crippen LogP contribution < -0.4 is 5.14 Å². The maximum Gasteiger partial charge on any atom is 0.0810 e. The van der Waals surface area contributed by atoms with Crippen LogP contribution in [0.3, 0.4) is 0 Å². The van der Waals surface area contributed by atoms with Gasteiger partial charge >= 0.3 is 0 Å². The summed E-state index contributed by atoms with van der Waals surface area (Å²) >= 11 is 0.958. The monoisotopic (exact) mass is 149 g/mol. The van der Waals surface area contributed by atoms with Gasteiger partial charge in [0.2, 0.25) is 0 Å². The molecule has 0 unspecified atom stereocenters. The van der Waals surface area contributed by atoms with E-state index in [1.54, 1.807) is 0 Å². The first-order chi connectivity index (χ1) is 4.18.